The van der Waals surface area contributed by atoms with Gasteiger partial charge in [0.05, 0.1) is 24.9 Å². The average Bonchev–Trinajstić information content (AvgIpc) is 3.18. The van der Waals surface area contributed by atoms with Crippen LogP contribution >= 0.6 is 0 Å². The third-order valence-corrected chi connectivity index (χ3v) is 9.79. The molecule has 0 unspecified atom stereocenters. The Labute approximate surface area is 295 Å². The highest BCUT2D eigenvalue weighted by molar-refractivity contribution is 5.94. The van der Waals surface area contributed by atoms with Crippen molar-refractivity contribution >= 4 is 5.91 Å². The number of amides is 1. The van der Waals surface area contributed by atoms with Crippen molar-refractivity contribution in [1.82, 2.24) is 10.2 Å². The highest BCUT2D eigenvalue weighted by Crippen LogP contribution is 2.42. The Kier molecular flexibility index (Phi) is 11.5. The van der Waals surface area contributed by atoms with Gasteiger partial charge in [-0.1, -0.05) is 116 Å². The van der Waals surface area contributed by atoms with Crippen molar-refractivity contribution in [1.29, 1.82) is 0 Å². The zero-order valence-electron chi connectivity index (χ0n) is 28.9. The van der Waals surface area contributed by atoms with Gasteiger partial charge in [0.25, 0.3) is 5.91 Å². The quantitative estimate of drug-likeness (QED) is 0.127. The van der Waals surface area contributed by atoms with E-state index in [0.717, 1.165) is 38.9 Å². The van der Waals surface area contributed by atoms with Crippen LogP contribution in [0.4, 0.5) is 0 Å². The number of aliphatic hydroxyl groups excluding tert-OH is 2. The predicted octanol–water partition coefficient (Wildman–Crippen LogP) is 7.62. The molecule has 5 aromatic carbocycles. The van der Waals surface area contributed by atoms with Crippen LogP contribution in [-0.4, -0.2) is 46.8 Å². The second-order valence-corrected chi connectivity index (χ2v) is 13.2. The van der Waals surface area contributed by atoms with Gasteiger partial charge < -0.3 is 25.0 Å². The summed E-state index contributed by atoms with van der Waals surface area (Å²) in [7, 11) is 2.03. The first-order valence-electron chi connectivity index (χ1n) is 17.3. The van der Waals surface area contributed by atoms with E-state index in [0.29, 0.717) is 18.7 Å². The number of rotatable bonds is 12. The molecule has 7 nitrogen and oxygen atoms in total. The van der Waals surface area contributed by atoms with Crippen molar-refractivity contribution < 1.29 is 24.5 Å². The van der Waals surface area contributed by atoms with E-state index in [2.05, 4.69) is 41.4 Å². The standard InChI is InChI=1S/C43H46N2O5/c1-29-39(27-45(3)30(2)40(47)33-13-6-4-7-14-33)49-43(50-41(29)34-22-20-31(28-46)21-23-34)38-19-11-18-37(25-38)36-17-10-12-32(24-36)26-44-42(48)35-15-8-5-9-16-35/h4-25,29-30,39-41,43,46-47H,26-28H2,1-3H3,(H,44,48)/t29-,30-,39+,40-,41+,43+/m1/s1. The number of likely N-dealkylation sites (N-methyl/N-ethyl adjacent to an activating group) is 1. The Morgan fingerprint density at radius 2 is 1.44 bits per heavy atom. The van der Waals surface area contributed by atoms with Crippen molar-refractivity contribution in [2.45, 2.75) is 57.6 Å². The summed E-state index contributed by atoms with van der Waals surface area (Å²) in [6, 6.07) is 43.1. The lowest BCUT2D eigenvalue weighted by molar-refractivity contribution is -0.276. The maximum absolute atomic E-state index is 12.6. The van der Waals surface area contributed by atoms with E-state index in [4.69, 9.17) is 9.47 Å². The number of hydrogen-bond donors (Lipinski definition) is 3. The molecule has 6 atom stereocenters. The Morgan fingerprint density at radius 1 is 0.780 bits per heavy atom. The van der Waals surface area contributed by atoms with Crippen LogP contribution in [0.3, 0.4) is 0 Å². The fourth-order valence-electron chi connectivity index (χ4n) is 6.55. The maximum atomic E-state index is 12.6. The third kappa shape index (κ3) is 8.38. The van der Waals surface area contributed by atoms with Gasteiger partial charge in [0, 0.05) is 36.2 Å². The molecule has 258 valence electrons. The van der Waals surface area contributed by atoms with Gasteiger partial charge in [0.15, 0.2) is 6.29 Å². The number of hydrogen-bond acceptors (Lipinski definition) is 6. The molecule has 1 heterocycles. The molecule has 0 spiro atoms. The molecule has 50 heavy (non-hydrogen) atoms. The SMILES string of the molecule is C[C@@H]1[C@H](CN(C)[C@H](C)[C@@H](O)c2ccccc2)O[C@H](c2cccc(-c3cccc(CNC(=O)c4ccccc4)c3)c2)O[C@@H]1c1ccc(CO)cc1. The third-order valence-electron chi connectivity index (χ3n) is 9.79. The van der Waals surface area contributed by atoms with E-state index in [1.165, 1.54) is 0 Å². The van der Waals surface area contributed by atoms with Gasteiger partial charge in [0.2, 0.25) is 0 Å². The number of aliphatic hydroxyl groups is 2. The molecule has 0 aromatic heterocycles. The first-order valence-corrected chi connectivity index (χ1v) is 17.3. The second-order valence-electron chi connectivity index (χ2n) is 13.2. The van der Waals surface area contributed by atoms with E-state index < -0.39 is 12.4 Å². The zero-order valence-corrected chi connectivity index (χ0v) is 28.9. The molecular formula is C43H46N2O5. The van der Waals surface area contributed by atoms with Gasteiger partial charge in [-0.3, -0.25) is 9.69 Å². The number of ether oxygens (including phenoxy) is 2. The lowest BCUT2D eigenvalue weighted by atomic mass is 9.89. The Bertz CT molecular complexity index is 1830. The van der Waals surface area contributed by atoms with Crippen LogP contribution in [0.25, 0.3) is 11.1 Å². The van der Waals surface area contributed by atoms with Crippen LogP contribution < -0.4 is 5.32 Å². The Balaban J connectivity index is 1.22. The average molecular weight is 671 g/mol. The largest absolute Gasteiger partial charge is 0.392 e. The molecule has 0 saturated carbocycles. The van der Waals surface area contributed by atoms with Crippen molar-refractivity contribution in [2.24, 2.45) is 5.92 Å². The van der Waals surface area contributed by atoms with Gasteiger partial charge >= 0.3 is 0 Å². The fraction of sp³-hybridized carbons (Fsp3) is 0.279. The summed E-state index contributed by atoms with van der Waals surface area (Å²) in [5.74, 6) is -0.107. The van der Waals surface area contributed by atoms with E-state index in [-0.39, 0.29) is 36.7 Å². The fourth-order valence-corrected chi connectivity index (χ4v) is 6.55. The van der Waals surface area contributed by atoms with Gasteiger partial charge in [0.1, 0.15) is 0 Å². The molecule has 6 rings (SSSR count). The number of benzene rings is 5. The molecule has 0 radical (unpaired) electrons. The molecule has 1 amide bonds. The normalized spacial score (nSPS) is 20.3. The summed E-state index contributed by atoms with van der Waals surface area (Å²) in [6.45, 7) is 5.17. The number of nitrogens with zero attached hydrogens (tertiary/aromatic N) is 1. The highest BCUT2D eigenvalue weighted by Gasteiger charge is 2.39. The minimum atomic E-state index is -0.645. The van der Waals surface area contributed by atoms with Crippen LogP contribution in [-0.2, 0) is 22.6 Å². The Morgan fingerprint density at radius 3 is 2.14 bits per heavy atom. The lowest BCUT2D eigenvalue weighted by Crippen LogP contribution is -2.46. The predicted molar refractivity (Wildman–Crippen MR) is 196 cm³/mol. The summed E-state index contributed by atoms with van der Waals surface area (Å²) < 4.78 is 13.5. The van der Waals surface area contributed by atoms with Crippen molar-refractivity contribution in [3.63, 3.8) is 0 Å². The van der Waals surface area contributed by atoms with E-state index >= 15 is 0 Å². The van der Waals surface area contributed by atoms with Gasteiger partial charge in [-0.05, 0) is 71.6 Å². The van der Waals surface area contributed by atoms with Gasteiger partial charge in [-0.15, -0.1) is 0 Å². The van der Waals surface area contributed by atoms with Crippen LogP contribution in [0.1, 0.15) is 70.5 Å². The second kappa shape index (κ2) is 16.4. The topological polar surface area (TPSA) is 91.3 Å². The van der Waals surface area contributed by atoms with Gasteiger partial charge in [-0.2, -0.15) is 0 Å². The lowest BCUT2D eigenvalue weighted by Gasteiger charge is -2.43. The Hall–Kier alpha value is -4.63. The molecule has 1 saturated heterocycles. The van der Waals surface area contributed by atoms with Crippen LogP contribution in [0, 0.1) is 5.92 Å². The molecular weight excluding hydrogens is 624 g/mol. The molecule has 5 aromatic rings. The molecule has 0 aliphatic carbocycles. The van der Waals surface area contributed by atoms with Crippen LogP contribution in [0.15, 0.2) is 133 Å². The van der Waals surface area contributed by atoms with Crippen LogP contribution in [0.5, 0.6) is 0 Å². The van der Waals surface area contributed by atoms with Gasteiger partial charge in [-0.25, -0.2) is 0 Å². The number of carbonyl (C=O) groups excluding carboxylic acids is 1. The summed E-state index contributed by atoms with van der Waals surface area (Å²) in [5, 5.41) is 23.9. The van der Waals surface area contributed by atoms with Crippen LogP contribution in [0.2, 0.25) is 0 Å². The van der Waals surface area contributed by atoms with Crippen molar-refractivity contribution in [3.05, 3.63) is 167 Å². The van der Waals surface area contributed by atoms with E-state index in [1.807, 2.05) is 111 Å². The summed E-state index contributed by atoms with van der Waals surface area (Å²) >= 11 is 0. The molecule has 7 heteroatoms. The minimum Gasteiger partial charge on any atom is -0.392 e. The van der Waals surface area contributed by atoms with Crippen molar-refractivity contribution in [3.8, 4) is 11.1 Å². The summed E-state index contributed by atoms with van der Waals surface area (Å²) in [6.07, 6.45) is -1.73. The molecule has 1 aliphatic heterocycles. The first kappa shape index (κ1) is 35.2. The number of nitrogens with one attached hydrogen (secondary N) is 1. The van der Waals surface area contributed by atoms with E-state index in [9.17, 15) is 15.0 Å². The van der Waals surface area contributed by atoms with Crippen molar-refractivity contribution in [2.75, 3.05) is 13.6 Å². The monoisotopic (exact) mass is 670 g/mol. The molecule has 1 fully saturated rings. The summed E-state index contributed by atoms with van der Waals surface area (Å²) in [5.41, 5.74) is 7.32. The number of carbonyl (C=O) groups is 1. The molecule has 3 N–H and O–H groups in total. The van der Waals surface area contributed by atoms with E-state index in [1.54, 1.807) is 12.1 Å². The summed E-state index contributed by atoms with van der Waals surface area (Å²) in [4.78, 5) is 14.8. The molecule has 1 aliphatic rings. The first-order chi connectivity index (χ1) is 24.3. The zero-order chi connectivity index (χ0) is 35.0. The smallest absolute Gasteiger partial charge is 0.251 e. The minimum absolute atomic E-state index is 0.000653. The maximum Gasteiger partial charge on any atom is 0.251 e. The highest BCUT2D eigenvalue weighted by atomic mass is 16.7. The molecule has 0 bridgehead atoms.